The lowest BCUT2D eigenvalue weighted by atomic mass is 9.90. The molecule has 0 saturated carbocycles. The van der Waals surface area contributed by atoms with Crippen LogP contribution in [0.2, 0.25) is 0 Å². The molecule has 84 valence electrons. The Balaban J connectivity index is 3.53. The molecule has 0 amide bonds. The van der Waals surface area contributed by atoms with Crippen LogP contribution in [-0.2, 0) is 9.53 Å². The van der Waals surface area contributed by atoms with Gasteiger partial charge in [0.25, 0.3) is 0 Å². The van der Waals surface area contributed by atoms with Gasteiger partial charge in [-0.25, -0.2) is 4.79 Å². The van der Waals surface area contributed by atoms with Gasteiger partial charge in [0, 0.05) is 0 Å². The Kier molecular flexibility index (Phi) is 5.69. The molecule has 0 aliphatic heterocycles. The van der Waals surface area contributed by atoms with Crippen molar-refractivity contribution in [3.05, 3.63) is 12.2 Å². The van der Waals surface area contributed by atoms with Gasteiger partial charge in [-0.3, -0.25) is 0 Å². The summed E-state index contributed by atoms with van der Waals surface area (Å²) in [5.41, 5.74) is 0.186. The van der Waals surface area contributed by atoms with Crippen LogP contribution in [0.3, 0.4) is 0 Å². The first-order chi connectivity index (χ1) is 6.87. The lowest BCUT2D eigenvalue weighted by molar-refractivity contribution is -0.138. The first-order valence-corrected chi connectivity index (χ1v) is 5.13. The SMILES string of the molecule is C=C(C#N)C(=O)OCCCCC(C)(C)C. The van der Waals surface area contributed by atoms with E-state index in [9.17, 15) is 4.79 Å². The highest BCUT2D eigenvalue weighted by Gasteiger charge is 2.10. The summed E-state index contributed by atoms with van der Waals surface area (Å²) in [6.07, 6.45) is 2.96. The predicted octanol–water partition coefficient (Wildman–Crippen LogP) is 2.83. The molecule has 0 unspecified atom stereocenters. The predicted molar refractivity (Wildman–Crippen MR) is 59.0 cm³/mol. The average Bonchev–Trinajstić information content (AvgIpc) is 2.14. The number of carbonyl (C=O) groups is 1. The van der Waals surface area contributed by atoms with Crippen LogP contribution < -0.4 is 0 Å². The zero-order valence-corrected chi connectivity index (χ0v) is 9.80. The fourth-order valence-electron chi connectivity index (χ4n) is 1.06. The van der Waals surface area contributed by atoms with Gasteiger partial charge in [-0.05, 0) is 24.7 Å². The van der Waals surface area contributed by atoms with Crippen molar-refractivity contribution in [3.8, 4) is 6.07 Å². The second kappa shape index (κ2) is 6.23. The fourth-order valence-corrected chi connectivity index (χ4v) is 1.06. The molecule has 0 aromatic rings. The molecule has 0 saturated heterocycles. The Labute approximate surface area is 91.7 Å². The molecule has 0 bridgehead atoms. The summed E-state index contributed by atoms with van der Waals surface area (Å²) >= 11 is 0. The smallest absolute Gasteiger partial charge is 0.348 e. The van der Waals surface area contributed by atoms with Gasteiger partial charge in [0.15, 0.2) is 0 Å². The van der Waals surface area contributed by atoms with Crippen molar-refractivity contribution in [2.45, 2.75) is 40.0 Å². The molecule has 0 heterocycles. The summed E-state index contributed by atoms with van der Waals surface area (Å²) in [5.74, 6) is -0.603. The lowest BCUT2D eigenvalue weighted by Crippen LogP contribution is -2.09. The minimum atomic E-state index is -0.603. The van der Waals surface area contributed by atoms with Gasteiger partial charge in [-0.1, -0.05) is 27.4 Å². The molecular weight excluding hydrogens is 190 g/mol. The first kappa shape index (κ1) is 13.7. The highest BCUT2D eigenvalue weighted by atomic mass is 16.5. The maximum absolute atomic E-state index is 11.0. The molecule has 3 heteroatoms. The Morgan fingerprint density at radius 1 is 1.40 bits per heavy atom. The molecule has 0 fully saturated rings. The number of carbonyl (C=O) groups excluding carboxylic acids is 1. The van der Waals surface area contributed by atoms with E-state index in [1.807, 2.05) is 0 Å². The van der Waals surface area contributed by atoms with Crippen LogP contribution in [0.1, 0.15) is 40.0 Å². The van der Waals surface area contributed by atoms with Crippen LogP contribution in [-0.4, -0.2) is 12.6 Å². The number of ether oxygens (including phenoxy) is 1. The third-order valence-corrected chi connectivity index (χ3v) is 1.94. The quantitative estimate of drug-likeness (QED) is 0.303. The summed E-state index contributed by atoms with van der Waals surface area (Å²) in [4.78, 5) is 11.0. The molecule has 0 rings (SSSR count). The van der Waals surface area contributed by atoms with Crippen molar-refractivity contribution in [2.24, 2.45) is 5.41 Å². The molecular formula is C12H19NO2. The summed E-state index contributed by atoms with van der Waals surface area (Å²) in [6.45, 7) is 10.2. The van der Waals surface area contributed by atoms with E-state index in [0.717, 1.165) is 19.3 Å². The molecule has 0 aliphatic carbocycles. The minimum Gasteiger partial charge on any atom is -0.462 e. The van der Waals surface area contributed by atoms with Gasteiger partial charge < -0.3 is 4.74 Å². The number of nitrogens with zero attached hydrogens (tertiary/aromatic N) is 1. The van der Waals surface area contributed by atoms with Gasteiger partial charge in [-0.15, -0.1) is 0 Å². The van der Waals surface area contributed by atoms with Gasteiger partial charge in [0.1, 0.15) is 11.6 Å². The molecule has 0 atom stereocenters. The Morgan fingerprint density at radius 3 is 2.47 bits per heavy atom. The normalized spacial score (nSPS) is 10.5. The van der Waals surface area contributed by atoms with Gasteiger partial charge >= 0.3 is 5.97 Å². The van der Waals surface area contributed by atoms with E-state index < -0.39 is 5.97 Å². The van der Waals surface area contributed by atoms with E-state index in [-0.39, 0.29) is 5.57 Å². The van der Waals surface area contributed by atoms with Crippen LogP contribution >= 0.6 is 0 Å². The Morgan fingerprint density at radius 2 is 2.00 bits per heavy atom. The number of esters is 1. The zero-order chi connectivity index (χ0) is 11.9. The molecule has 0 N–H and O–H groups in total. The average molecular weight is 209 g/mol. The number of nitriles is 1. The largest absolute Gasteiger partial charge is 0.462 e. The van der Waals surface area contributed by atoms with E-state index in [0.29, 0.717) is 12.0 Å². The van der Waals surface area contributed by atoms with Crippen molar-refractivity contribution in [2.75, 3.05) is 6.61 Å². The van der Waals surface area contributed by atoms with Crippen molar-refractivity contribution in [1.82, 2.24) is 0 Å². The first-order valence-electron chi connectivity index (χ1n) is 5.13. The number of unbranched alkanes of at least 4 members (excludes halogenated alkanes) is 1. The number of rotatable bonds is 5. The molecule has 0 radical (unpaired) electrons. The highest BCUT2D eigenvalue weighted by molar-refractivity contribution is 5.91. The van der Waals surface area contributed by atoms with E-state index in [4.69, 9.17) is 10.00 Å². The maximum atomic E-state index is 11.0. The Hall–Kier alpha value is -1.30. The van der Waals surface area contributed by atoms with Gasteiger partial charge in [-0.2, -0.15) is 5.26 Å². The van der Waals surface area contributed by atoms with Crippen molar-refractivity contribution >= 4 is 5.97 Å². The third-order valence-electron chi connectivity index (χ3n) is 1.94. The van der Waals surface area contributed by atoms with Crippen LogP contribution in [0.25, 0.3) is 0 Å². The van der Waals surface area contributed by atoms with Crippen molar-refractivity contribution < 1.29 is 9.53 Å². The van der Waals surface area contributed by atoms with E-state index >= 15 is 0 Å². The molecule has 0 aromatic carbocycles. The Bertz CT molecular complexity index is 268. The van der Waals surface area contributed by atoms with Crippen molar-refractivity contribution in [3.63, 3.8) is 0 Å². The van der Waals surface area contributed by atoms with Gasteiger partial charge in [0.05, 0.1) is 6.61 Å². The molecule has 0 aliphatic rings. The highest BCUT2D eigenvalue weighted by Crippen LogP contribution is 2.21. The second-order valence-electron chi connectivity index (χ2n) is 4.74. The van der Waals surface area contributed by atoms with E-state index in [2.05, 4.69) is 27.4 Å². The fraction of sp³-hybridized carbons (Fsp3) is 0.667. The second-order valence-corrected chi connectivity index (χ2v) is 4.74. The number of hydrogen-bond acceptors (Lipinski definition) is 3. The topological polar surface area (TPSA) is 50.1 Å². The van der Waals surface area contributed by atoms with Crippen LogP contribution in [0.4, 0.5) is 0 Å². The van der Waals surface area contributed by atoms with Crippen molar-refractivity contribution in [1.29, 1.82) is 5.26 Å². The molecule has 15 heavy (non-hydrogen) atoms. The summed E-state index contributed by atoms with van der Waals surface area (Å²) in [6, 6.07) is 1.66. The summed E-state index contributed by atoms with van der Waals surface area (Å²) in [5, 5.41) is 8.36. The van der Waals surface area contributed by atoms with Crippen LogP contribution in [0.5, 0.6) is 0 Å². The zero-order valence-electron chi connectivity index (χ0n) is 9.80. The summed E-state index contributed by atoms with van der Waals surface area (Å²) < 4.78 is 4.85. The molecule has 3 nitrogen and oxygen atoms in total. The number of hydrogen-bond donors (Lipinski definition) is 0. The van der Waals surface area contributed by atoms with Gasteiger partial charge in [0.2, 0.25) is 0 Å². The third kappa shape index (κ3) is 7.75. The minimum absolute atomic E-state index is 0.133. The molecule has 0 aromatic heterocycles. The van der Waals surface area contributed by atoms with E-state index in [1.165, 1.54) is 0 Å². The lowest BCUT2D eigenvalue weighted by Gasteiger charge is -2.17. The maximum Gasteiger partial charge on any atom is 0.348 e. The van der Waals surface area contributed by atoms with E-state index in [1.54, 1.807) is 6.07 Å². The van der Waals surface area contributed by atoms with Crippen LogP contribution in [0.15, 0.2) is 12.2 Å². The monoisotopic (exact) mass is 209 g/mol. The standard InChI is InChI=1S/C12H19NO2/c1-10(9-13)11(14)15-8-6-5-7-12(2,3)4/h1,5-8H2,2-4H3. The van der Waals surface area contributed by atoms with Crippen LogP contribution in [0, 0.1) is 16.7 Å². The molecule has 0 spiro atoms. The summed E-state index contributed by atoms with van der Waals surface area (Å²) in [7, 11) is 0.